The van der Waals surface area contributed by atoms with Crippen LogP contribution in [0, 0.1) is 6.92 Å². The van der Waals surface area contributed by atoms with Crippen LogP contribution in [0.25, 0.3) is 0 Å². The molecule has 0 aliphatic heterocycles. The smallest absolute Gasteiger partial charge is 0.216 e. The monoisotopic (exact) mass is 341 g/mol. The Hall–Kier alpha value is -1.53. The summed E-state index contributed by atoms with van der Waals surface area (Å²) < 4.78 is 18.5. The predicted octanol–water partition coefficient (Wildman–Crippen LogP) is 2.88. The van der Waals surface area contributed by atoms with E-state index in [0.29, 0.717) is 17.3 Å². The molecule has 0 radical (unpaired) electrons. The fraction of sp³-hybridized carbons (Fsp3) is 0.400. The minimum absolute atomic E-state index is 0.448. The molecule has 7 heteroatoms. The molecule has 5 nitrogen and oxygen atoms in total. The van der Waals surface area contributed by atoms with Gasteiger partial charge in [0.05, 0.1) is 18.4 Å². The molecular formula is C15H20ClN3O2S. The SMILES string of the molecule is COc1c(CNc2ccc(Cl)c(C[S@](C)=O)c2)c(C)nn1C. The molecule has 2 aromatic rings. The van der Waals surface area contributed by atoms with Gasteiger partial charge < -0.3 is 10.1 Å². The third-order valence-electron chi connectivity index (χ3n) is 3.36. The van der Waals surface area contributed by atoms with Gasteiger partial charge in [-0.25, -0.2) is 4.68 Å². The van der Waals surface area contributed by atoms with E-state index in [1.807, 2.05) is 32.2 Å². The Kier molecular flexibility index (Phi) is 5.47. The fourth-order valence-electron chi connectivity index (χ4n) is 2.34. The number of benzene rings is 1. The molecule has 120 valence electrons. The van der Waals surface area contributed by atoms with Crippen LogP contribution in [0.5, 0.6) is 5.88 Å². The van der Waals surface area contributed by atoms with Crippen LogP contribution in [0.1, 0.15) is 16.8 Å². The van der Waals surface area contributed by atoms with Gasteiger partial charge in [0.25, 0.3) is 0 Å². The number of nitrogens with one attached hydrogen (secondary N) is 1. The van der Waals surface area contributed by atoms with Gasteiger partial charge in [-0.15, -0.1) is 0 Å². The lowest BCUT2D eigenvalue weighted by Gasteiger charge is -2.10. The Balaban J connectivity index is 2.17. The van der Waals surface area contributed by atoms with Crippen molar-refractivity contribution in [3.63, 3.8) is 0 Å². The summed E-state index contributed by atoms with van der Waals surface area (Å²) in [5, 5.41) is 8.33. The minimum atomic E-state index is -0.926. The van der Waals surface area contributed by atoms with Crippen LogP contribution < -0.4 is 10.1 Å². The maximum absolute atomic E-state index is 11.4. The Morgan fingerprint density at radius 2 is 2.18 bits per heavy atom. The van der Waals surface area contributed by atoms with Crippen molar-refractivity contribution < 1.29 is 8.95 Å². The van der Waals surface area contributed by atoms with E-state index in [1.165, 1.54) is 0 Å². The number of halogens is 1. The molecule has 1 heterocycles. The highest BCUT2D eigenvalue weighted by molar-refractivity contribution is 7.83. The average molecular weight is 342 g/mol. The van der Waals surface area contributed by atoms with Crippen molar-refractivity contribution >= 4 is 28.1 Å². The number of aromatic nitrogens is 2. The Morgan fingerprint density at radius 3 is 2.82 bits per heavy atom. The van der Waals surface area contributed by atoms with Crippen molar-refractivity contribution in [2.75, 3.05) is 18.7 Å². The van der Waals surface area contributed by atoms with Crippen LogP contribution in [0.15, 0.2) is 18.2 Å². The van der Waals surface area contributed by atoms with Gasteiger partial charge in [-0.2, -0.15) is 5.10 Å². The van der Waals surface area contributed by atoms with Crippen LogP contribution in [-0.2, 0) is 30.1 Å². The van der Waals surface area contributed by atoms with Gasteiger partial charge in [0, 0.05) is 47.1 Å². The number of anilines is 1. The molecule has 1 aromatic heterocycles. The van der Waals surface area contributed by atoms with E-state index in [1.54, 1.807) is 18.0 Å². The van der Waals surface area contributed by atoms with E-state index in [4.69, 9.17) is 16.3 Å². The Bertz CT molecular complexity index is 700. The van der Waals surface area contributed by atoms with Crippen molar-refractivity contribution in [3.05, 3.63) is 40.0 Å². The number of aryl methyl sites for hydroxylation is 2. The number of nitrogens with zero attached hydrogens (tertiary/aromatic N) is 2. The van der Waals surface area contributed by atoms with E-state index in [-0.39, 0.29) is 0 Å². The summed E-state index contributed by atoms with van der Waals surface area (Å²) in [5.41, 5.74) is 3.74. The maximum atomic E-state index is 11.4. The zero-order chi connectivity index (χ0) is 16.3. The zero-order valence-corrected chi connectivity index (χ0v) is 14.7. The average Bonchev–Trinajstić information content (AvgIpc) is 2.72. The molecular weight excluding hydrogens is 322 g/mol. The van der Waals surface area contributed by atoms with Crippen LogP contribution in [0.4, 0.5) is 5.69 Å². The van der Waals surface area contributed by atoms with E-state index in [2.05, 4.69) is 10.4 Å². The van der Waals surface area contributed by atoms with E-state index < -0.39 is 10.8 Å². The van der Waals surface area contributed by atoms with Crippen molar-refractivity contribution in [3.8, 4) is 5.88 Å². The van der Waals surface area contributed by atoms with Gasteiger partial charge in [-0.1, -0.05) is 11.6 Å². The molecule has 0 aliphatic carbocycles. The predicted molar refractivity (Wildman–Crippen MR) is 91.0 cm³/mol. The van der Waals surface area contributed by atoms with Crippen molar-refractivity contribution in [2.24, 2.45) is 7.05 Å². The summed E-state index contributed by atoms with van der Waals surface area (Å²) in [6.07, 6.45) is 1.67. The Morgan fingerprint density at radius 1 is 1.45 bits per heavy atom. The third kappa shape index (κ3) is 3.81. The minimum Gasteiger partial charge on any atom is -0.481 e. The normalized spacial score (nSPS) is 12.2. The summed E-state index contributed by atoms with van der Waals surface area (Å²) in [6, 6.07) is 5.66. The van der Waals surface area contributed by atoms with E-state index in [9.17, 15) is 4.21 Å². The second-order valence-corrected chi connectivity index (χ2v) is 6.92. The first-order chi connectivity index (χ1) is 10.4. The van der Waals surface area contributed by atoms with Gasteiger partial charge in [0.1, 0.15) is 0 Å². The number of hydrogen-bond acceptors (Lipinski definition) is 4. The summed E-state index contributed by atoms with van der Waals surface area (Å²) in [6.45, 7) is 2.55. The van der Waals surface area contributed by atoms with Gasteiger partial charge in [0.15, 0.2) is 0 Å². The Labute approximate surface area is 138 Å². The van der Waals surface area contributed by atoms with Gasteiger partial charge in [-0.3, -0.25) is 4.21 Å². The maximum Gasteiger partial charge on any atom is 0.216 e. The molecule has 0 amide bonds. The zero-order valence-electron chi connectivity index (χ0n) is 13.1. The van der Waals surface area contributed by atoms with Crippen LogP contribution in [0.2, 0.25) is 5.02 Å². The standard InChI is InChI=1S/C15H20ClN3O2S/c1-10-13(15(21-3)19(2)18-10)8-17-12-5-6-14(16)11(7-12)9-22(4)20/h5-7,17H,8-9H2,1-4H3/t22-/m0/s1. The molecule has 1 aromatic carbocycles. The van der Waals surface area contributed by atoms with Crippen molar-refractivity contribution in [1.82, 2.24) is 9.78 Å². The topological polar surface area (TPSA) is 56.1 Å². The molecule has 2 rings (SSSR count). The highest BCUT2D eigenvalue weighted by atomic mass is 35.5. The summed E-state index contributed by atoms with van der Waals surface area (Å²) in [7, 11) is 2.56. The molecule has 0 aliphatic rings. The molecule has 1 atom stereocenters. The van der Waals surface area contributed by atoms with Crippen molar-refractivity contribution in [2.45, 2.75) is 19.2 Å². The second-order valence-electron chi connectivity index (χ2n) is 5.07. The van der Waals surface area contributed by atoms with Gasteiger partial charge in [-0.05, 0) is 30.7 Å². The van der Waals surface area contributed by atoms with E-state index in [0.717, 1.165) is 28.4 Å². The molecule has 0 spiro atoms. The van der Waals surface area contributed by atoms with E-state index >= 15 is 0 Å². The third-order valence-corrected chi connectivity index (χ3v) is 4.44. The van der Waals surface area contributed by atoms with Crippen LogP contribution in [-0.4, -0.2) is 27.4 Å². The number of hydrogen-bond donors (Lipinski definition) is 1. The van der Waals surface area contributed by atoms with Gasteiger partial charge in [0.2, 0.25) is 5.88 Å². The first kappa shape index (κ1) is 16.8. The molecule has 0 saturated heterocycles. The number of rotatable bonds is 6. The summed E-state index contributed by atoms with van der Waals surface area (Å²) in [4.78, 5) is 0. The van der Waals surface area contributed by atoms with Crippen LogP contribution >= 0.6 is 11.6 Å². The van der Waals surface area contributed by atoms with Crippen LogP contribution in [0.3, 0.4) is 0 Å². The molecule has 0 unspecified atom stereocenters. The van der Waals surface area contributed by atoms with Crippen molar-refractivity contribution in [1.29, 1.82) is 0 Å². The molecule has 1 N–H and O–H groups in total. The number of methoxy groups -OCH3 is 1. The lowest BCUT2D eigenvalue weighted by molar-refractivity contribution is 0.370. The molecule has 0 fully saturated rings. The second kappa shape index (κ2) is 7.15. The highest BCUT2D eigenvalue weighted by Crippen LogP contribution is 2.25. The highest BCUT2D eigenvalue weighted by Gasteiger charge is 2.13. The number of ether oxygens (including phenoxy) is 1. The summed E-state index contributed by atoms with van der Waals surface area (Å²) in [5.74, 6) is 1.19. The lowest BCUT2D eigenvalue weighted by atomic mass is 10.2. The first-order valence-corrected chi connectivity index (χ1v) is 8.91. The lowest BCUT2D eigenvalue weighted by Crippen LogP contribution is -2.04. The fourth-order valence-corrected chi connectivity index (χ4v) is 3.28. The largest absolute Gasteiger partial charge is 0.481 e. The molecule has 0 bridgehead atoms. The summed E-state index contributed by atoms with van der Waals surface area (Å²) >= 11 is 6.14. The molecule has 22 heavy (non-hydrogen) atoms. The first-order valence-electron chi connectivity index (χ1n) is 6.81. The van der Waals surface area contributed by atoms with Gasteiger partial charge >= 0.3 is 0 Å². The quantitative estimate of drug-likeness (QED) is 0.877. The molecule has 0 saturated carbocycles.